The van der Waals surface area contributed by atoms with Crippen molar-refractivity contribution in [2.75, 3.05) is 20.1 Å². The second-order valence-corrected chi connectivity index (χ2v) is 5.80. The van der Waals surface area contributed by atoms with E-state index in [9.17, 15) is 0 Å². The van der Waals surface area contributed by atoms with Crippen LogP contribution >= 0.6 is 0 Å². The van der Waals surface area contributed by atoms with Crippen LogP contribution in [0.25, 0.3) is 0 Å². The molecular formula is C16H27N3. The van der Waals surface area contributed by atoms with Crippen LogP contribution in [0.2, 0.25) is 0 Å². The maximum Gasteiger partial charge on any atom is 0.0547 e. The molecule has 0 amide bonds. The Bertz CT molecular complexity index is 372. The third kappa shape index (κ3) is 5.29. The minimum absolute atomic E-state index is 0.795. The van der Waals surface area contributed by atoms with Gasteiger partial charge < -0.3 is 10.2 Å². The van der Waals surface area contributed by atoms with Crippen molar-refractivity contribution in [1.29, 1.82) is 0 Å². The second kappa shape index (κ2) is 7.61. The monoisotopic (exact) mass is 261 g/mol. The van der Waals surface area contributed by atoms with Gasteiger partial charge >= 0.3 is 0 Å². The number of nitrogens with zero attached hydrogens (tertiary/aromatic N) is 2. The average molecular weight is 261 g/mol. The smallest absolute Gasteiger partial charge is 0.0547 e. The summed E-state index contributed by atoms with van der Waals surface area (Å²) in [5.74, 6) is 0. The first-order valence-electron chi connectivity index (χ1n) is 7.58. The van der Waals surface area contributed by atoms with Gasteiger partial charge in [-0.2, -0.15) is 0 Å². The molecule has 2 rings (SSSR count). The van der Waals surface area contributed by atoms with Crippen LogP contribution in [0, 0.1) is 6.92 Å². The number of rotatable bonds is 7. The topological polar surface area (TPSA) is 28.2 Å². The van der Waals surface area contributed by atoms with Gasteiger partial charge in [-0.25, -0.2) is 0 Å². The Morgan fingerprint density at radius 3 is 2.84 bits per heavy atom. The van der Waals surface area contributed by atoms with Crippen LogP contribution in [0.1, 0.15) is 43.5 Å². The van der Waals surface area contributed by atoms with E-state index in [0.29, 0.717) is 0 Å². The maximum atomic E-state index is 4.55. The first-order chi connectivity index (χ1) is 9.24. The maximum absolute atomic E-state index is 4.55. The Balaban J connectivity index is 1.60. The molecule has 3 nitrogen and oxygen atoms in total. The van der Waals surface area contributed by atoms with Gasteiger partial charge in [-0.15, -0.1) is 0 Å². The van der Waals surface area contributed by atoms with Crippen LogP contribution in [0.5, 0.6) is 0 Å². The Hall–Kier alpha value is -0.930. The number of aryl methyl sites for hydroxylation is 1. The van der Waals surface area contributed by atoms with Crippen LogP contribution in [-0.2, 0) is 6.54 Å². The predicted octanol–water partition coefficient (Wildman–Crippen LogP) is 2.74. The fourth-order valence-corrected chi connectivity index (χ4v) is 2.83. The molecule has 0 saturated heterocycles. The molecule has 1 saturated carbocycles. The summed E-state index contributed by atoms with van der Waals surface area (Å²) in [6.07, 6.45) is 6.80. The molecule has 0 unspecified atom stereocenters. The van der Waals surface area contributed by atoms with Crippen LogP contribution in [0.3, 0.4) is 0 Å². The van der Waals surface area contributed by atoms with E-state index in [0.717, 1.165) is 31.4 Å². The number of nitrogens with one attached hydrogen (secondary N) is 1. The van der Waals surface area contributed by atoms with Crippen molar-refractivity contribution in [3.63, 3.8) is 0 Å². The van der Waals surface area contributed by atoms with Crippen molar-refractivity contribution in [2.45, 2.75) is 51.6 Å². The zero-order chi connectivity index (χ0) is 13.5. The molecule has 0 aliphatic heterocycles. The van der Waals surface area contributed by atoms with Gasteiger partial charge in [0.2, 0.25) is 0 Å². The number of hydrogen-bond donors (Lipinski definition) is 1. The minimum Gasteiger partial charge on any atom is -0.314 e. The van der Waals surface area contributed by atoms with Gasteiger partial charge in [0.25, 0.3) is 0 Å². The summed E-state index contributed by atoms with van der Waals surface area (Å²) in [5, 5.41) is 3.67. The van der Waals surface area contributed by atoms with Crippen molar-refractivity contribution in [3.05, 3.63) is 29.6 Å². The Morgan fingerprint density at radius 2 is 2.11 bits per heavy atom. The highest BCUT2D eigenvalue weighted by Crippen LogP contribution is 2.17. The van der Waals surface area contributed by atoms with E-state index < -0.39 is 0 Å². The van der Waals surface area contributed by atoms with Crippen LogP contribution in [0.15, 0.2) is 18.2 Å². The van der Waals surface area contributed by atoms with Crippen LogP contribution in [-0.4, -0.2) is 36.1 Å². The zero-order valence-corrected chi connectivity index (χ0v) is 12.4. The normalized spacial score (nSPS) is 16.4. The molecule has 1 aromatic heterocycles. The molecule has 1 N–H and O–H groups in total. The molecular weight excluding hydrogens is 234 g/mol. The van der Waals surface area contributed by atoms with E-state index in [1.165, 1.54) is 37.8 Å². The Kier molecular flexibility index (Phi) is 5.80. The summed E-state index contributed by atoms with van der Waals surface area (Å²) in [6, 6.07) is 7.05. The summed E-state index contributed by atoms with van der Waals surface area (Å²) < 4.78 is 0. The van der Waals surface area contributed by atoms with E-state index in [4.69, 9.17) is 0 Å². The van der Waals surface area contributed by atoms with Gasteiger partial charge in [0.1, 0.15) is 0 Å². The van der Waals surface area contributed by atoms with Crippen molar-refractivity contribution >= 4 is 0 Å². The lowest BCUT2D eigenvalue weighted by Gasteiger charge is -2.17. The molecule has 0 bridgehead atoms. The molecule has 3 heteroatoms. The molecule has 19 heavy (non-hydrogen) atoms. The molecule has 106 valence electrons. The van der Waals surface area contributed by atoms with Crippen molar-refractivity contribution in [3.8, 4) is 0 Å². The standard InChI is InChI=1S/C16H27N3/c1-14-7-5-10-16(18-14)13-19(2)12-6-11-17-15-8-3-4-9-15/h5,7,10,15,17H,3-4,6,8-9,11-13H2,1-2H3. The molecule has 0 aromatic carbocycles. The predicted molar refractivity (Wildman–Crippen MR) is 80.2 cm³/mol. The highest BCUT2D eigenvalue weighted by molar-refractivity contribution is 5.09. The molecule has 1 heterocycles. The van der Waals surface area contributed by atoms with Crippen molar-refractivity contribution < 1.29 is 0 Å². The molecule has 0 radical (unpaired) electrons. The lowest BCUT2D eigenvalue weighted by Crippen LogP contribution is -2.29. The number of hydrogen-bond acceptors (Lipinski definition) is 3. The highest BCUT2D eigenvalue weighted by atomic mass is 15.1. The summed E-state index contributed by atoms with van der Waals surface area (Å²) in [7, 11) is 2.18. The number of pyridine rings is 1. The Morgan fingerprint density at radius 1 is 1.32 bits per heavy atom. The fraction of sp³-hybridized carbons (Fsp3) is 0.688. The van der Waals surface area contributed by atoms with Gasteiger partial charge in [-0.05, 0) is 58.5 Å². The zero-order valence-electron chi connectivity index (χ0n) is 12.4. The van der Waals surface area contributed by atoms with Crippen molar-refractivity contribution in [2.24, 2.45) is 0 Å². The first kappa shape index (κ1) is 14.5. The van der Waals surface area contributed by atoms with E-state index in [1.54, 1.807) is 0 Å². The van der Waals surface area contributed by atoms with E-state index in [2.05, 4.69) is 47.4 Å². The molecule has 1 aromatic rings. The van der Waals surface area contributed by atoms with Crippen molar-refractivity contribution in [1.82, 2.24) is 15.2 Å². The van der Waals surface area contributed by atoms with E-state index in [-0.39, 0.29) is 0 Å². The quantitative estimate of drug-likeness (QED) is 0.765. The minimum atomic E-state index is 0.795. The summed E-state index contributed by atoms with van der Waals surface area (Å²) in [6.45, 7) is 5.28. The van der Waals surface area contributed by atoms with Gasteiger partial charge in [-0.3, -0.25) is 4.98 Å². The van der Waals surface area contributed by atoms with Gasteiger partial charge in [0.15, 0.2) is 0 Å². The van der Waals surface area contributed by atoms with E-state index in [1.807, 2.05) is 0 Å². The lowest BCUT2D eigenvalue weighted by molar-refractivity contribution is 0.312. The highest BCUT2D eigenvalue weighted by Gasteiger charge is 2.13. The number of aromatic nitrogens is 1. The van der Waals surface area contributed by atoms with Gasteiger partial charge in [-0.1, -0.05) is 18.9 Å². The second-order valence-electron chi connectivity index (χ2n) is 5.80. The molecule has 1 fully saturated rings. The molecule has 0 spiro atoms. The summed E-state index contributed by atoms with van der Waals surface area (Å²) in [4.78, 5) is 6.91. The molecule has 1 aliphatic carbocycles. The third-order valence-electron chi connectivity index (χ3n) is 3.88. The fourth-order valence-electron chi connectivity index (χ4n) is 2.83. The Labute approximate surface area is 117 Å². The van der Waals surface area contributed by atoms with Crippen LogP contribution < -0.4 is 5.32 Å². The lowest BCUT2D eigenvalue weighted by atomic mass is 10.2. The van der Waals surface area contributed by atoms with Crippen LogP contribution in [0.4, 0.5) is 0 Å². The summed E-state index contributed by atoms with van der Waals surface area (Å²) >= 11 is 0. The average Bonchev–Trinajstić information content (AvgIpc) is 2.88. The third-order valence-corrected chi connectivity index (χ3v) is 3.88. The summed E-state index contributed by atoms with van der Waals surface area (Å²) in [5.41, 5.74) is 2.28. The van der Waals surface area contributed by atoms with E-state index >= 15 is 0 Å². The molecule has 0 atom stereocenters. The SMILES string of the molecule is Cc1cccc(CN(C)CCCNC2CCCC2)n1. The molecule has 1 aliphatic rings. The van der Waals surface area contributed by atoms with Gasteiger partial charge in [0, 0.05) is 18.3 Å². The first-order valence-corrected chi connectivity index (χ1v) is 7.58. The van der Waals surface area contributed by atoms with Gasteiger partial charge in [0.05, 0.1) is 5.69 Å². The largest absolute Gasteiger partial charge is 0.314 e.